The number of nitrogens with two attached hydrogens (primary N) is 1. The number of piperidine rings is 1. The van der Waals surface area contributed by atoms with Gasteiger partial charge in [0, 0.05) is 30.8 Å². The van der Waals surface area contributed by atoms with Gasteiger partial charge in [-0.3, -0.25) is 4.79 Å². The maximum Gasteiger partial charge on any atom is 0.247 e. The van der Waals surface area contributed by atoms with Crippen molar-refractivity contribution >= 4 is 22.8 Å². The fourth-order valence-electron chi connectivity index (χ4n) is 4.33. The van der Waals surface area contributed by atoms with Gasteiger partial charge in [0.2, 0.25) is 5.91 Å². The quantitative estimate of drug-likeness (QED) is 0.347. The highest BCUT2D eigenvalue weighted by Gasteiger charge is 2.28. The van der Waals surface area contributed by atoms with Crippen molar-refractivity contribution in [3.8, 4) is 28.8 Å². The summed E-state index contributed by atoms with van der Waals surface area (Å²) in [5.74, 6) is 1.63. The van der Waals surface area contributed by atoms with E-state index in [9.17, 15) is 4.79 Å². The van der Waals surface area contributed by atoms with Crippen molar-refractivity contribution in [2.24, 2.45) is 0 Å². The molecule has 0 aliphatic carbocycles. The van der Waals surface area contributed by atoms with Crippen LogP contribution in [0.1, 0.15) is 18.9 Å². The highest BCUT2D eigenvalue weighted by Crippen LogP contribution is 2.34. The summed E-state index contributed by atoms with van der Waals surface area (Å²) in [4.78, 5) is 22.8. The average Bonchev–Trinajstić information content (AvgIpc) is 3.29. The Morgan fingerprint density at radius 1 is 1.11 bits per heavy atom. The van der Waals surface area contributed by atoms with Crippen LogP contribution in [0, 0.1) is 11.3 Å². The number of fused-ring (bicyclic) bond motifs is 1. The normalized spacial score (nSPS) is 15.9. The van der Waals surface area contributed by atoms with Crippen LogP contribution < -0.4 is 10.5 Å². The van der Waals surface area contributed by atoms with Crippen molar-refractivity contribution in [3.05, 3.63) is 73.1 Å². The second-order valence-electron chi connectivity index (χ2n) is 8.23. The van der Waals surface area contributed by atoms with E-state index < -0.39 is 0 Å². The SMILES string of the molecule is N#C/C=C\C(=O)N1CCC[C@@H](n2nc(-c3ccc(Oc4ccccc4)cc3)c3c(N)ncnc32)C1. The van der Waals surface area contributed by atoms with Gasteiger partial charge >= 0.3 is 0 Å². The lowest BCUT2D eigenvalue weighted by atomic mass is 10.1. The predicted octanol–water partition coefficient (Wildman–Crippen LogP) is 4.11. The highest BCUT2D eigenvalue weighted by atomic mass is 16.5. The summed E-state index contributed by atoms with van der Waals surface area (Å²) in [5, 5.41) is 14.3. The number of hydrogen-bond donors (Lipinski definition) is 1. The van der Waals surface area contributed by atoms with E-state index in [1.54, 1.807) is 4.90 Å². The molecule has 174 valence electrons. The minimum atomic E-state index is -0.184. The third kappa shape index (κ3) is 4.54. The summed E-state index contributed by atoms with van der Waals surface area (Å²) in [6, 6.07) is 19.0. The molecule has 1 fully saturated rings. The zero-order chi connectivity index (χ0) is 24.2. The van der Waals surface area contributed by atoms with Crippen molar-refractivity contribution in [1.29, 1.82) is 5.26 Å². The molecule has 5 rings (SSSR count). The largest absolute Gasteiger partial charge is 0.457 e. The van der Waals surface area contributed by atoms with Gasteiger partial charge in [0.05, 0.1) is 17.5 Å². The third-order valence-electron chi connectivity index (χ3n) is 5.98. The third-order valence-corrected chi connectivity index (χ3v) is 5.98. The Hall–Kier alpha value is -4.71. The molecule has 4 aromatic rings. The number of carbonyl (C=O) groups is 1. The lowest BCUT2D eigenvalue weighted by Gasteiger charge is -2.32. The van der Waals surface area contributed by atoms with Crippen LogP contribution in [0.3, 0.4) is 0 Å². The van der Waals surface area contributed by atoms with E-state index in [1.807, 2.05) is 65.3 Å². The van der Waals surface area contributed by atoms with Crippen LogP contribution in [0.2, 0.25) is 0 Å². The number of ether oxygens (including phenoxy) is 1. The predicted molar refractivity (Wildman–Crippen MR) is 131 cm³/mol. The number of anilines is 1. The van der Waals surface area contributed by atoms with Gasteiger partial charge < -0.3 is 15.4 Å². The van der Waals surface area contributed by atoms with E-state index in [-0.39, 0.29) is 11.9 Å². The van der Waals surface area contributed by atoms with Gasteiger partial charge in [-0.15, -0.1) is 0 Å². The second-order valence-corrected chi connectivity index (χ2v) is 8.23. The van der Waals surface area contributed by atoms with E-state index in [1.165, 1.54) is 18.5 Å². The van der Waals surface area contributed by atoms with Gasteiger partial charge in [0.15, 0.2) is 5.65 Å². The van der Waals surface area contributed by atoms with Crippen LogP contribution >= 0.6 is 0 Å². The fourth-order valence-corrected chi connectivity index (χ4v) is 4.33. The van der Waals surface area contributed by atoms with Gasteiger partial charge in [-0.25, -0.2) is 14.6 Å². The Balaban J connectivity index is 1.47. The summed E-state index contributed by atoms with van der Waals surface area (Å²) < 4.78 is 7.76. The molecule has 1 aliphatic heterocycles. The van der Waals surface area contributed by atoms with Gasteiger partial charge in [-0.1, -0.05) is 18.2 Å². The Morgan fingerprint density at radius 3 is 2.66 bits per heavy atom. The van der Waals surface area contributed by atoms with Crippen molar-refractivity contribution in [1.82, 2.24) is 24.6 Å². The molecular weight excluding hydrogens is 442 g/mol. The smallest absolute Gasteiger partial charge is 0.247 e. The number of hydrogen-bond acceptors (Lipinski definition) is 7. The summed E-state index contributed by atoms with van der Waals surface area (Å²) in [6.07, 6.45) is 5.59. The minimum absolute atomic E-state index is 0.0746. The summed E-state index contributed by atoms with van der Waals surface area (Å²) in [7, 11) is 0. The van der Waals surface area contributed by atoms with E-state index in [2.05, 4.69) is 9.97 Å². The topological polar surface area (TPSA) is 123 Å². The maximum atomic E-state index is 12.4. The molecule has 9 heteroatoms. The first-order chi connectivity index (χ1) is 17.1. The molecule has 3 heterocycles. The number of nitrogens with zero attached hydrogens (tertiary/aromatic N) is 6. The molecule has 0 bridgehead atoms. The second kappa shape index (κ2) is 9.65. The zero-order valence-corrected chi connectivity index (χ0v) is 18.9. The first kappa shape index (κ1) is 22.1. The molecule has 35 heavy (non-hydrogen) atoms. The standard InChI is InChI=1S/C26H23N7O2/c27-14-4-9-22(34)32-15-5-6-19(16-32)33-26-23(25(28)29-17-30-26)24(31-33)18-10-12-21(13-11-18)35-20-7-2-1-3-8-20/h1-4,7-13,17,19H,5-6,15-16H2,(H2,28,29,30)/b9-4-/t19-/m1/s1. The molecule has 0 unspecified atom stereocenters. The summed E-state index contributed by atoms with van der Waals surface area (Å²) in [5.41, 5.74) is 8.43. The average molecular weight is 466 g/mol. The molecule has 2 aromatic heterocycles. The molecular formula is C26H23N7O2. The molecule has 2 N–H and O–H groups in total. The van der Waals surface area contributed by atoms with Crippen molar-refractivity contribution in [3.63, 3.8) is 0 Å². The van der Waals surface area contributed by atoms with Gasteiger partial charge in [-0.05, 0) is 49.2 Å². The molecule has 1 amide bonds. The molecule has 0 saturated carbocycles. The number of allylic oxidation sites excluding steroid dienone is 1. The van der Waals surface area contributed by atoms with Crippen LogP contribution in [-0.4, -0.2) is 43.6 Å². The molecule has 2 aromatic carbocycles. The number of amides is 1. The molecule has 1 saturated heterocycles. The molecule has 1 atom stereocenters. The van der Waals surface area contributed by atoms with Gasteiger partial charge in [-0.2, -0.15) is 10.4 Å². The van der Waals surface area contributed by atoms with Crippen LogP contribution in [0.25, 0.3) is 22.3 Å². The van der Waals surface area contributed by atoms with E-state index in [0.717, 1.165) is 24.2 Å². The van der Waals surface area contributed by atoms with E-state index >= 15 is 0 Å². The van der Waals surface area contributed by atoms with Crippen molar-refractivity contribution < 1.29 is 9.53 Å². The summed E-state index contributed by atoms with van der Waals surface area (Å²) in [6.45, 7) is 1.11. The molecule has 0 spiro atoms. The van der Waals surface area contributed by atoms with Crippen LogP contribution in [0.4, 0.5) is 5.82 Å². The number of benzene rings is 2. The first-order valence-corrected chi connectivity index (χ1v) is 11.3. The Kier molecular flexibility index (Phi) is 6.09. The Labute approximate surface area is 202 Å². The van der Waals surface area contributed by atoms with Crippen molar-refractivity contribution in [2.75, 3.05) is 18.8 Å². The summed E-state index contributed by atoms with van der Waals surface area (Å²) >= 11 is 0. The number of rotatable bonds is 5. The highest BCUT2D eigenvalue weighted by molar-refractivity contribution is 5.98. The van der Waals surface area contributed by atoms with Gasteiger partial charge in [0.25, 0.3) is 0 Å². The molecule has 1 aliphatic rings. The zero-order valence-electron chi connectivity index (χ0n) is 18.9. The van der Waals surface area contributed by atoms with Crippen LogP contribution in [0.15, 0.2) is 73.1 Å². The number of nitrogen functional groups attached to an aromatic ring is 1. The van der Waals surface area contributed by atoms with Crippen molar-refractivity contribution in [2.45, 2.75) is 18.9 Å². The van der Waals surface area contributed by atoms with E-state index in [4.69, 9.17) is 20.8 Å². The number of para-hydroxylation sites is 1. The monoisotopic (exact) mass is 465 g/mol. The van der Waals surface area contributed by atoms with Crippen LogP contribution in [0.5, 0.6) is 11.5 Å². The van der Waals surface area contributed by atoms with Gasteiger partial charge in [0.1, 0.15) is 29.3 Å². The lowest BCUT2D eigenvalue weighted by Crippen LogP contribution is -2.40. The maximum absolute atomic E-state index is 12.4. The number of carbonyl (C=O) groups excluding carboxylic acids is 1. The minimum Gasteiger partial charge on any atom is -0.457 e. The van der Waals surface area contributed by atoms with E-state index in [0.29, 0.717) is 41.4 Å². The first-order valence-electron chi connectivity index (χ1n) is 11.3. The fraction of sp³-hybridized carbons (Fsp3) is 0.192. The molecule has 0 radical (unpaired) electrons. The number of aromatic nitrogens is 4. The van der Waals surface area contributed by atoms with Crippen LogP contribution in [-0.2, 0) is 4.79 Å². The molecule has 9 nitrogen and oxygen atoms in total. The Bertz CT molecular complexity index is 1420. The Morgan fingerprint density at radius 2 is 1.89 bits per heavy atom. The number of likely N-dealkylation sites (tertiary alicyclic amines) is 1. The lowest BCUT2D eigenvalue weighted by molar-refractivity contribution is -0.127. The number of nitriles is 1.